The summed E-state index contributed by atoms with van der Waals surface area (Å²) in [5, 5.41) is 9.70. The minimum Gasteiger partial charge on any atom is -0.340 e. The Morgan fingerprint density at radius 1 is 1.22 bits per heavy atom. The van der Waals surface area contributed by atoms with Crippen LogP contribution in [-0.2, 0) is 0 Å². The summed E-state index contributed by atoms with van der Waals surface area (Å²) in [5.41, 5.74) is 3.18. The van der Waals surface area contributed by atoms with Gasteiger partial charge in [0.1, 0.15) is 0 Å². The lowest BCUT2D eigenvalue weighted by atomic mass is 10.1. The van der Waals surface area contributed by atoms with Crippen molar-refractivity contribution in [1.82, 2.24) is 4.98 Å². The molecule has 2 aromatic carbocycles. The normalized spacial score (nSPS) is 10.9. The van der Waals surface area contributed by atoms with Gasteiger partial charge in [-0.25, -0.2) is 4.98 Å². The highest BCUT2D eigenvalue weighted by atomic mass is 32.1. The molecule has 3 rings (SSSR count). The maximum absolute atomic E-state index is 13.2. The molecule has 0 spiro atoms. The first-order chi connectivity index (χ1) is 13.0. The van der Waals surface area contributed by atoms with Crippen molar-refractivity contribution in [2.45, 2.75) is 13.3 Å². The third-order valence-electron chi connectivity index (χ3n) is 4.40. The molecule has 0 radical (unpaired) electrons. The Balaban J connectivity index is 1.94. The third-order valence-corrected chi connectivity index (χ3v) is 5.45. The lowest BCUT2D eigenvalue weighted by molar-refractivity contribution is -0.858. The van der Waals surface area contributed by atoms with Crippen molar-refractivity contribution in [2.75, 3.05) is 32.1 Å². The van der Waals surface area contributed by atoms with Crippen molar-refractivity contribution >= 4 is 32.6 Å². The van der Waals surface area contributed by atoms with Crippen LogP contribution in [0, 0.1) is 18.3 Å². The van der Waals surface area contributed by atoms with E-state index < -0.39 is 0 Å². The quantitative estimate of drug-likeness (QED) is 0.716. The lowest BCUT2D eigenvalue weighted by Gasteiger charge is -2.20. The van der Waals surface area contributed by atoms with Crippen LogP contribution in [0.4, 0.5) is 5.13 Å². The molecule has 0 unspecified atom stereocenters. The number of amides is 1. The van der Waals surface area contributed by atoms with E-state index in [0.717, 1.165) is 33.9 Å². The number of nitriles is 1. The van der Waals surface area contributed by atoms with Crippen LogP contribution in [0.15, 0.2) is 42.5 Å². The van der Waals surface area contributed by atoms with Gasteiger partial charge >= 0.3 is 0 Å². The second-order valence-electron chi connectivity index (χ2n) is 6.87. The Bertz CT molecular complexity index is 986. The molecule has 1 heterocycles. The number of hydrogen-bond donors (Lipinski definition) is 1. The van der Waals surface area contributed by atoms with E-state index in [4.69, 9.17) is 10.2 Å². The minimum atomic E-state index is -0.0787. The number of aromatic nitrogens is 1. The molecule has 5 nitrogen and oxygen atoms in total. The Kier molecular flexibility index (Phi) is 5.84. The monoisotopic (exact) mass is 379 g/mol. The number of carbonyl (C=O) groups excluding carboxylic acids is 1. The Hall–Kier alpha value is -2.75. The van der Waals surface area contributed by atoms with Gasteiger partial charge in [0.2, 0.25) is 0 Å². The standard InChI is InChI=1S/C21H22N4OS/c1-15-6-4-7-18-19(15)23-21(27-18)25(13-5-12-24(2)3)20(26)17-10-8-16(14-22)9-11-17/h4,6-11H,5,12-13H2,1-3H3/p+1. The number of carbonyl (C=O) groups is 1. The van der Waals surface area contributed by atoms with Gasteiger partial charge in [-0.1, -0.05) is 23.5 Å². The molecule has 0 aliphatic heterocycles. The lowest BCUT2D eigenvalue weighted by Crippen LogP contribution is -3.05. The summed E-state index contributed by atoms with van der Waals surface area (Å²) in [7, 11) is 4.21. The van der Waals surface area contributed by atoms with Crippen molar-refractivity contribution < 1.29 is 9.69 Å². The smallest absolute Gasteiger partial charge is 0.260 e. The van der Waals surface area contributed by atoms with Crippen LogP contribution in [0.25, 0.3) is 10.2 Å². The third kappa shape index (κ3) is 4.33. The molecule has 138 valence electrons. The molecule has 3 aromatic rings. The van der Waals surface area contributed by atoms with E-state index in [1.807, 2.05) is 25.1 Å². The summed E-state index contributed by atoms with van der Waals surface area (Å²) in [4.78, 5) is 21.1. The molecule has 6 heteroatoms. The van der Waals surface area contributed by atoms with E-state index in [1.165, 1.54) is 4.90 Å². The summed E-state index contributed by atoms with van der Waals surface area (Å²) < 4.78 is 1.08. The van der Waals surface area contributed by atoms with E-state index in [-0.39, 0.29) is 5.91 Å². The Morgan fingerprint density at radius 2 is 1.96 bits per heavy atom. The molecule has 1 aromatic heterocycles. The van der Waals surface area contributed by atoms with Gasteiger partial charge < -0.3 is 4.90 Å². The maximum atomic E-state index is 13.2. The van der Waals surface area contributed by atoms with E-state index in [9.17, 15) is 4.79 Å². The number of nitrogens with zero attached hydrogens (tertiary/aromatic N) is 3. The van der Waals surface area contributed by atoms with Gasteiger partial charge in [0.25, 0.3) is 5.91 Å². The molecular formula is C21H23N4OS+. The van der Waals surface area contributed by atoms with Gasteiger partial charge in [0.05, 0.1) is 42.5 Å². The number of quaternary nitrogens is 1. The first-order valence-corrected chi connectivity index (χ1v) is 9.78. The van der Waals surface area contributed by atoms with Gasteiger partial charge in [-0.15, -0.1) is 0 Å². The summed E-state index contributed by atoms with van der Waals surface area (Å²) in [6.45, 7) is 3.62. The topological polar surface area (TPSA) is 61.4 Å². The van der Waals surface area contributed by atoms with E-state index in [2.05, 4.69) is 20.2 Å². The number of anilines is 1. The van der Waals surface area contributed by atoms with Gasteiger partial charge in [0.15, 0.2) is 5.13 Å². The molecule has 0 bridgehead atoms. The first-order valence-electron chi connectivity index (χ1n) is 8.97. The van der Waals surface area contributed by atoms with Crippen LogP contribution in [0.1, 0.15) is 27.9 Å². The number of nitrogens with one attached hydrogen (secondary N) is 1. The largest absolute Gasteiger partial charge is 0.340 e. The SMILES string of the molecule is Cc1cccc2sc(N(CCC[NH+](C)C)C(=O)c3ccc(C#N)cc3)nc12. The van der Waals surface area contributed by atoms with Crippen LogP contribution in [-0.4, -0.2) is 38.1 Å². The summed E-state index contributed by atoms with van der Waals surface area (Å²) in [5.74, 6) is -0.0787. The number of benzene rings is 2. The Labute approximate surface area is 163 Å². The fourth-order valence-electron chi connectivity index (χ4n) is 2.91. The van der Waals surface area contributed by atoms with Crippen molar-refractivity contribution in [3.05, 3.63) is 59.2 Å². The summed E-state index contributed by atoms with van der Waals surface area (Å²) in [6, 6.07) is 15.0. The number of fused-ring (bicyclic) bond motifs is 1. The van der Waals surface area contributed by atoms with Crippen LogP contribution < -0.4 is 9.80 Å². The average molecular weight is 380 g/mol. The number of aryl methyl sites for hydroxylation is 1. The molecule has 1 N–H and O–H groups in total. The van der Waals surface area contributed by atoms with E-state index in [1.54, 1.807) is 40.5 Å². The molecule has 0 saturated heterocycles. The van der Waals surface area contributed by atoms with Crippen LogP contribution in [0.5, 0.6) is 0 Å². The first kappa shape index (κ1) is 19.0. The molecule has 0 aliphatic rings. The molecule has 0 fully saturated rings. The number of hydrogen-bond acceptors (Lipinski definition) is 4. The van der Waals surface area contributed by atoms with Crippen molar-refractivity contribution in [3.63, 3.8) is 0 Å². The van der Waals surface area contributed by atoms with Gasteiger partial charge in [-0.05, 0) is 42.8 Å². The van der Waals surface area contributed by atoms with Gasteiger partial charge in [0, 0.05) is 18.5 Å². The molecule has 27 heavy (non-hydrogen) atoms. The van der Waals surface area contributed by atoms with Crippen molar-refractivity contribution in [1.29, 1.82) is 5.26 Å². The fraction of sp³-hybridized carbons (Fsp3) is 0.286. The van der Waals surface area contributed by atoms with Crippen LogP contribution >= 0.6 is 11.3 Å². The van der Waals surface area contributed by atoms with Gasteiger partial charge in [-0.2, -0.15) is 5.26 Å². The average Bonchev–Trinajstić information content (AvgIpc) is 3.10. The summed E-state index contributed by atoms with van der Waals surface area (Å²) in [6.07, 6.45) is 0.888. The highest BCUT2D eigenvalue weighted by Gasteiger charge is 2.21. The second-order valence-corrected chi connectivity index (χ2v) is 7.88. The molecule has 0 aliphatic carbocycles. The highest BCUT2D eigenvalue weighted by molar-refractivity contribution is 7.22. The predicted molar refractivity (Wildman–Crippen MR) is 109 cm³/mol. The highest BCUT2D eigenvalue weighted by Crippen LogP contribution is 2.31. The zero-order chi connectivity index (χ0) is 19.4. The predicted octanol–water partition coefficient (Wildman–Crippen LogP) is 2.66. The number of rotatable bonds is 6. The summed E-state index contributed by atoms with van der Waals surface area (Å²) >= 11 is 1.54. The number of thiazole rings is 1. The zero-order valence-electron chi connectivity index (χ0n) is 15.8. The fourth-order valence-corrected chi connectivity index (χ4v) is 3.98. The molecule has 0 atom stereocenters. The minimum absolute atomic E-state index is 0.0787. The molecule has 0 saturated carbocycles. The second kappa shape index (κ2) is 8.30. The zero-order valence-corrected chi connectivity index (χ0v) is 16.6. The van der Waals surface area contributed by atoms with Crippen molar-refractivity contribution in [3.8, 4) is 6.07 Å². The van der Waals surface area contributed by atoms with E-state index in [0.29, 0.717) is 17.7 Å². The number of para-hydroxylation sites is 1. The van der Waals surface area contributed by atoms with Crippen LogP contribution in [0.3, 0.4) is 0 Å². The Morgan fingerprint density at radius 3 is 2.59 bits per heavy atom. The van der Waals surface area contributed by atoms with E-state index >= 15 is 0 Å². The molecular weight excluding hydrogens is 356 g/mol. The maximum Gasteiger partial charge on any atom is 0.260 e. The van der Waals surface area contributed by atoms with Crippen molar-refractivity contribution in [2.24, 2.45) is 0 Å². The van der Waals surface area contributed by atoms with Crippen LogP contribution in [0.2, 0.25) is 0 Å². The van der Waals surface area contributed by atoms with Gasteiger partial charge in [-0.3, -0.25) is 9.69 Å². The molecule has 1 amide bonds.